The number of rotatable bonds is 5. The second kappa shape index (κ2) is 9.32. The predicted molar refractivity (Wildman–Crippen MR) is 130 cm³/mol. The molecule has 1 aromatic heterocycles. The van der Waals surface area contributed by atoms with Gasteiger partial charge in [-0.05, 0) is 62.4 Å². The van der Waals surface area contributed by atoms with Gasteiger partial charge < -0.3 is 10.1 Å². The van der Waals surface area contributed by atoms with Crippen molar-refractivity contribution in [3.63, 3.8) is 0 Å². The van der Waals surface area contributed by atoms with Gasteiger partial charge in [0.15, 0.2) is 0 Å². The lowest BCUT2D eigenvalue weighted by atomic mass is 10.0. The van der Waals surface area contributed by atoms with Crippen LogP contribution in [0.3, 0.4) is 0 Å². The molecule has 6 heteroatoms. The van der Waals surface area contributed by atoms with Crippen molar-refractivity contribution >= 4 is 44.4 Å². The number of ether oxygens (including phenoxy) is 1. The van der Waals surface area contributed by atoms with Crippen molar-refractivity contribution in [3.8, 4) is 11.3 Å². The minimum Gasteiger partial charge on any atom is -0.462 e. The maximum Gasteiger partial charge on any atom is 0.338 e. The first-order chi connectivity index (χ1) is 15.4. The van der Waals surface area contributed by atoms with Gasteiger partial charge in [-0.2, -0.15) is 0 Å². The van der Waals surface area contributed by atoms with Gasteiger partial charge in [-0.1, -0.05) is 45.8 Å². The minimum atomic E-state index is -0.391. The first-order valence-corrected chi connectivity index (χ1v) is 11.0. The quantitative estimate of drug-likeness (QED) is 0.330. The monoisotopic (exact) mass is 488 g/mol. The highest BCUT2D eigenvalue weighted by Crippen LogP contribution is 2.28. The lowest BCUT2D eigenvalue weighted by Crippen LogP contribution is -2.13. The fraction of sp³-hybridized carbons (Fsp3) is 0.115. The Labute approximate surface area is 194 Å². The molecular formula is C26H21BrN2O3. The molecule has 5 nitrogen and oxygen atoms in total. The lowest BCUT2D eigenvalue weighted by Gasteiger charge is -2.12. The van der Waals surface area contributed by atoms with E-state index in [0.717, 1.165) is 32.2 Å². The fourth-order valence-corrected chi connectivity index (χ4v) is 3.72. The molecule has 0 fully saturated rings. The molecule has 32 heavy (non-hydrogen) atoms. The highest BCUT2D eigenvalue weighted by molar-refractivity contribution is 9.10. The normalized spacial score (nSPS) is 10.7. The molecule has 0 aliphatic carbocycles. The molecule has 0 aliphatic heterocycles. The molecule has 1 amide bonds. The highest BCUT2D eigenvalue weighted by Gasteiger charge is 2.15. The summed E-state index contributed by atoms with van der Waals surface area (Å²) in [5, 5.41) is 3.67. The maximum absolute atomic E-state index is 13.3. The molecule has 0 aliphatic rings. The van der Waals surface area contributed by atoms with Crippen molar-refractivity contribution in [2.45, 2.75) is 13.8 Å². The molecule has 160 valence electrons. The number of halogens is 1. The minimum absolute atomic E-state index is 0.257. The standard InChI is InChI=1S/C26H21BrN2O3/c1-3-32-26(31)18-8-11-20(12-9-18)28-25(30)22-15-24(17-6-4-16(2)5-7-17)29-23-13-10-19(27)14-21(22)23/h4-15H,3H2,1-2H3,(H,28,30). The zero-order valence-electron chi connectivity index (χ0n) is 17.7. The predicted octanol–water partition coefficient (Wildman–Crippen LogP) is 6.40. The van der Waals surface area contributed by atoms with Crippen molar-refractivity contribution in [3.05, 3.63) is 94.0 Å². The third-order valence-corrected chi connectivity index (χ3v) is 5.51. The number of benzene rings is 3. The third kappa shape index (κ3) is 4.70. The Balaban J connectivity index is 1.70. The second-order valence-electron chi connectivity index (χ2n) is 7.33. The van der Waals surface area contributed by atoms with Gasteiger partial charge in [0.25, 0.3) is 5.91 Å². The zero-order valence-corrected chi connectivity index (χ0v) is 19.3. The molecule has 4 rings (SSSR count). The van der Waals surface area contributed by atoms with E-state index in [1.807, 2.05) is 55.5 Å². The van der Waals surface area contributed by atoms with E-state index in [4.69, 9.17) is 9.72 Å². The Kier molecular flexibility index (Phi) is 6.32. The third-order valence-electron chi connectivity index (χ3n) is 5.02. The first kappa shape index (κ1) is 21.7. The number of nitrogens with one attached hydrogen (secondary N) is 1. The van der Waals surface area contributed by atoms with Crippen LogP contribution in [0, 0.1) is 6.92 Å². The molecule has 0 radical (unpaired) electrons. The van der Waals surface area contributed by atoms with Crippen LogP contribution in [0.4, 0.5) is 5.69 Å². The number of aromatic nitrogens is 1. The smallest absolute Gasteiger partial charge is 0.338 e. The summed E-state index contributed by atoms with van der Waals surface area (Å²) in [6, 6.07) is 22.2. The summed E-state index contributed by atoms with van der Waals surface area (Å²) in [4.78, 5) is 29.9. The Morgan fingerprint density at radius 1 is 0.969 bits per heavy atom. The first-order valence-electron chi connectivity index (χ1n) is 10.2. The van der Waals surface area contributed by atoms with Crippen molar-refractivity contribution in [2.75, 3.05) is 11.9 Å². The summed E-state index contributed by atoms with van der Waals surface area (Å²) in [7, 11) is 0. The zero-order chi connectivity index (χ0) is 22.7. The summed E-state index contributed by atoms with van der Waals surface area (Å²) in [6.07, 6.45) is 0. The van der Waals surface area contributed by atoms with E-state index in [9.17, 15) is 9.59 Å². The van der Waals surface area contributed by atoms with Crippen LogP contribution >= 0.6 is 15.9 Å². The van der Waals surface area contributed by atoms with Gasteiger partial charge in [-0.15, -0.1) is 0 Å². The van der Waals surface area contributed by atoms with Crippen molar-refractivity contribution in [1.29, 1.82) is 0 Å². The van der Waals surface area contributed by atoms with Crippen molar-refractivity contribution in [2.24, 2.45) is 0 Å². The van der Waals surface area contributed by atoms with Crippen LogP contribution in [-0.4, -0.2) is 23.5 Å². The molecular weight excluding hydrogens is 468 g/mol. The van der Waals surface area contributed by atoms with Gasteiger partial charge in [-0.25, -0.2) is 9.78 Å². The van der Waals surface area contributed by atoms with Crippen LogP contribution in [0.25, 0.3) is 22.2 Å². The fourth-order valence-electron chi connectivity index (χ4n) is 3.36. The molecule has 0 bridgehead atoms. The summed E-state index contributed by atoms with van der Waals surface area (Å²) < 4.78 is 5.87. The molecule has 0 saturated heterocycles. The molecule has 3 aromatic carbocycles. The van der Waals surface area contributed by atoms with Crippen LogP contribution in [0.15, 0.2) is 77.3 Å². The largest absolute Gasteiger partial charge is 0.462 e. The number of hydrogen-bond donors (Lipinski definition) is 1. The number of pyridine rings is 1. The number of hydrogen-bond acceptors (Lipinski definition) is 4. The Bertz CT molecular complexity index is 1300. The second-order valence-corrected chi connectivity index (χ2v) is 8.25. The highest BCUT2D eigenvalue weighted by atomic mass is 79.9. The van der Waals surface area contributed by atoms with E-state index in [-0.39, 0.29) is 5.91 Å². The van der Waals surface area contributed by atoms with Crippen molar-refractivity contribution in [1.82, 2.24) is 4.98 Å². The number of anilines is 1. The van der Waals surface area contributed by atoms with E-state index < -0.39 is 5.97 Å². The molecule has 0 saturated carbocycles. The number of aryl methyl sites for hydroxylation is 1. The molecule has 0 unspecified atom stereocenters. The molecule has 1 N–H and O–H groups in total. The van der Waals surface area contributed by atoms with Gasteiger partial charge in [0.2, 0.25) is 0 Å². The summed E-state index contributed by atoms with van der Waals surface area (Å²) >= 11 is 3.48. The lowest BCUT2D eigenvalue weighted by molar-refractivity contribution is 0.0526. The van der Waals surface area contributed by atoms with E-state index in [1.165, 1.54) is 0 Å². The van der Waals surface area contributed by atoms with Crippen LogP contribution in [0.1, 0.15) is 33.2 Å². The maximum atomic E-state index is 13.3. The molecule has 1 heterocycles. The number of carbonyl (C=O) groups is 2. The Morgan fingerprint density at radius 2 is 1.69 bits per heavy atom. The van der Waals surface area contributed by atoms with E-state index >= 15 is 0 Å². The van der Waals surface area contributed by atoms with Crippen molar-refractivity contribution < 1.29 is 14.3 Å². The topological polar surface area (TPSA) is 68.3 Å². The Morgan fingerprint density at radius 3 is 2.38 bits per heavy atom. The van der Waals surface area contributed by atoms with Crippen LogP contribution in [-0.2, 0) is 4.74 Å². The molecule has 4 aromatic rings. The van der Waals surface area contributed by atoms with Gasteiger partial charge in [0.05, 0.1) is 28.9 Å². The number of carbonyl (C=O) groups excluding carboxylic acids is 2. The van der Waals surface area contributed by atoms with Gasteiger partial charge in [0, 0.05) is 21.1 Å². The number of fused-ring (bicyclic) bond motifs is 1. The number of esters is 1. The molecule has 0 spiro atoms. The van der Waals surface area contributed by atoms with Gasteiger partial charge in [0.1, 0.15) is 0 Å². The average Bonchev–Trinajstić information content (AvgIpc) is 2.79. The van der Waals surface area contributed by atoms with Crippen LogP contribution in [0.2, 0.25) is 0 Å². The van der Waals surface area contributed by atoms with Gasteiger partial charge in [-0.3, -0.25) is 4.79 Å². The van der Waals surface area contributed by atoms with Crippen LogP contribution < -0.4 is 5.32 Å². The molecule has 0 atom stereocenters. The number of nitrogens with zero attached hydrogens (tertiary/aromatic N) is 1. The van der Waals surface area contributed by atoms with E-state index in [1.54, 1.807) is 31.2 Å². The van der Waals surface area contributed by atoms with E-state index in [0.29, 0.717) is 23.4 Å². The summed E-state index contributed by atoms with van der Waals surface area (Å²) in [5.41, 5.74) is 5.08. The van der Waals surface area contributed by atoms with Crippen LogP contribution in [0.5, 0.6) is 0 Å². The summed E-state index contributed by atoms with van der Waals surface area (Å²) in [5.74, 6) is -0.647. The number of amides is 1. The Hall–Kier alpha value is -3.51. The summed E-state index contributed by atoms with van der Waals surface area (Å²) in [6.45, 7) is 4.10. The average molecular weight is 489 g/mol. The van der Waals surface area contributed by atoms with Gasteiger partial charge >= 0.3 is 5.97 Å². The van der Waals surface area contributed by atoms with E-state index in [2.05, 4.69) is 21.2 Å². The SMILES string of the molecule is CCOC(=O)c1ccc(NC(=O)c2cc(-c3ccc(C)cc3)nc3ccc(Br)cc23)cc1.